The van der Waals surface area contributed by atoms with Crippen molar-refractivity contribution >= 4 is 5.97 Å². The molecule has 0 radical (unpaired) electrons. The molecule has 0 bridgehead atoms. The molecule has 0 aromatic carbocycles. The molecule has 0 amide bonds. The Hall–Kier alpha value is -0.610. The van der Waals surface area contributed by atoms with Crippen molar-refractivity contribution in [2.75, 3.05) is 6.61 Å². The van der Waals surface area contributed by atoms with Gasteiger partial charge in [0.25, 0.3) is 0 Å². The number of carbonyl (C=O) groups is 1. The standard InChI is InChI=1S/C6H12NO3/c7-5(6(9)10)3-1-2-4-8/h5H,1-4,7H2,(H,9,10)/q-1. The molecule has 4 nitrogen and oxygen atoms in total. The smallest absolute Gasteiger partial charge is 0.124 e. The normalized spacial score (nSPS) is 13.0. The minimum absolute atomic E-state index is 0.139. The van der Waals surface area contributed by atoms with E-state index in [1.54, 1.807) is 0 Å². The molecule has 0 aromatic rings. The molecule has 60 valence electrons. The van der Waals surface area contributed by atoms with E-state index in [4.69, 9.17) is 0 Å². The number of carbonyl (C=O) groups excluding carboxylic acids is 1. The van der Waals surface area contributed by atoms with E-state index in [-0.39, 0.29) is 6.61 Å². The van der Waals surface area contributed by atoms with E-state index in [9.17, 15) is 15.0 Å². The van der Waals surface area contributed by atoms with E-state index >= 15 is 0 Å². The number of carboxylic acid groups (broad SMARTS) is 1. The second-order valence-corrected chi connectivity index (χ2v) is 2.22. The minimum Gasteiger partial charge on any atom is -0.854 e. The Morgan fingerprint density at radius 2 is 2.10 bits per heavy atom. The molecule has 0 spiro atoms. The summed E-state index contributed by atoms with van der Waals surface area (Å²) in [4.78, 5) is 10.0. The molecule has 0 aliphatic rings. The van der Waals surface area contributed by atoms with Crippen LogP contribution in [0.4, 0.5) is 0 Å². The summed E-state index contributed by atoms with van der Waals surface area (Å²) in [5.74, 6) is -1.13. The van der Waals surface area contributed by atoms with Crippen LogP contribution >= 0.6 is 0 Å². The van der Waals surface area contributed by atoms with Gasteiger partial charge in [-0.2, -0.15) is 0 Å². The maximum atomic E-state index is 10.0. The maximum Gasteiger partial charge on any atom is 0.124 e. The van der Waals surface area contributed by atoms with Gasteiger partial charge in [-0.25, -0.2) is 0 Å². The molecule has 3 N–H and O–H groups in total. The first-order valence-electron chi connectivity index (χ1n) is 3.30. The molecular weight excluding hydrogens is 134 g/mol. The van der Waals surface area contributed by atoms with Gasteiger partial charge in [0.15, 0.2) is 0 Å². The molecule has 0 fully saturated rings. The summed E-state index contributed by atoms with van der Waals surface area (Å²) in [6.07, 6.45) is 1.61. The van der Waals surface area contributed by atoms with Gasteiger partial charge in [0.1, 0.15) is 6.04 Å². The van der Waals surface area contributed by atoms with Crippen LogP contribution in [-0.2, 0) is 4.79 Å². The van der Waals surface area contributed by atoms with Crippen molar-refractivity contribution in [1.29, 1.82) is 0 Å². The summed E-state index contributed by atoms with van der Waals surface area (Å²) in [6.45, 7) is -0.139. The second-order valence-electron chi connectivity index (χ2n) is 2.22. The quantitative estimate of drug-likeness (QED) is 0.416. The van der Waals surface area contributed by atoms with Gasteiger partial charge in [0.05, 0.1) is 5.97 Å². The molecule has 0 saturated heterocycles. The predicted molar refractivity (Wildman–Crippen MR) is 30.4 cm³/mol. The Labute approximate surface area is 59.7 Å². The zero-order valence-corrected chi connectivity index (χ0v) is 5.84. The molecule has 0 rings (SSSR count). The van der Waals surface area contributed by atoms with Crippen LogP contribution < -0.4 is 15.9 Å². The Morgan fingerprint density at radius 1 is 1.50 bits per heavy atom. The lowest BCUT2D eigenvalue weighted by Crippen LogP contribution is -2.68. The van der Waals surface area contributed by atoms with Crippen molar-refractivity contribution in [2.45, 2.75) is 25.3 Å². The Balaban J connectivity index is 3.21. The van der Waals surface area contributed by atoms with Crippen LogP contribution in [0.15, 0.2) is 0 Å². The van der Waals surface area contributed by atoms with Crippen molar-refractivity contribution in [3.8, 4) is 0 Å². The van der Waals surface area contributed by atoms with Gasteiger partial charge >= 0.3 is 0 Å². The minimum atomic E-state index is -1.13. The number of quaternary nitrogens is 1. The SMILES string of the molecule is [NH3+]C(CCCC[O-])C(=O)[O-]. The van der Waals surface area contributed by atoms with Gasteiger partial charge < -0.3 is 20.7 Å². The monoisotopic (exact) mass is 146 g/mol. The molecule has 0 saturated carbocycles. The number of aliphatic carboxylic acids is 1. The summed E-state index contributed by atoms with van der Waals surface area (Å²) in [6, 6.07) is -0.661. The van der Waals surface area contributed by atoms with E-state index in [1.165, 1.54) is 0 Å². The lowest BCUT2D eigenvalue weighted by Gasteiger charge is -2.09. The zero-order chi connectivity index (χ0) is 7.98. The fraction of sp³-hybridized carbons (Fsp3) is 0.833. The molecule has 0 heterocycles. The molecule has 4 heteroatoms. The third kappa shape index (κ3) is 4.29. The lowest BCUT2D eigenvalue weighted by molar-refractivity contribution is -0.439. The van der Waals surface area contributed by atoms with E-state index in [0.717, 1.165) is 0 Å². The fourth-order valence-corrected chi connectivity index (χ4v) is 0.611. The average Bonchev–Trinajstić information content (AvgIpc) is 1.88. The molecule has 0 aromatic heterocycles. The van der Waals surface area contributed by atoms with Gasteiger partial charge in [0.2, 0.25) is 0 Å². The molecule has 1 unspecified atom stereocenters. The Kier molecular flexibility index (Phi) is 4.88. The number of hydrogen-bond donors (Lipinski definition) is 1. The van der Waals surface area contributed by atoms with Crippen LogP contribution in [0.3, 0.4) is 0 Å². The molecule has 0 aliphatic heterocycles. The van der Waals surface area contributed by atoms with Crippen LogP contribution in [-0.4, -0.2) is 18.6 Å². The molecule has 10 heavy (non-hydrogen) atoms. The second kappa shape index (κ2) is 5.20. The van der Waals surface area contributed by atoms with Crippen molar-refractivity contribution in [2.24, 2.45) is 0 Å². The molecule has 1 atom stereocenters. The van der Waals surface area contributed by atoms with Crippen molar-refractivity contribution < 1.29 is 20.7 Å². The average molecular weight is 146 g/mol. The van der Waals surface area contributed by atoms with E-state index in [2.05, 4.69) is 5.73 Å². The highest BCUT2D eigenvalue weighted by atomic mass is 16.4. The molecule has 0 aliphatic carbocycles. The highest BCUT2D eigenvalue weighted by Crippen LogP contribution is 1.94. The third-order valence-electron chi connectivity index (χ3n) is 1.28. The predicted octanol–water partition coefficient (Wildman–Crippen LogP) is -3.12. The third-order valence-corrected chi connectivity index (χ3v) is 1.28. The largest absolute Gasteiger partial charge is 0.854 e. The van der Waals surface area contributed by atoms with Gasteiger partial charge in [-0.1, -0.05) is 6.42 Å². The number of unbranched alkanes of at least 4 members (excludes halogenated alkanes) is 1. The van der Waals surface area contributed by atoms with Crippen LogP contribution in [0.2, 0.25) is 0 Å². The van der Waals surface area contributed by atoms with Crippen LogP contribution in [0, 0.1) is 0 Å². The zero-order valence-electron chi connectivity index (χ0n) is 5.84. The summed E-state index contributed by atoms with van der Waals surface area (Å²) < 4.78 is 0. The Morgan fingerprint density at radius 3 is 2.50 bits per heavy atom. The van der Waals surface area contributed by atoms with Gasteiger partial charge in [-0.05, 0) is 6.42 Å². The topological polar surface area (TPSA) is 90.8 Å². The van der Waals surface area contributed by atoms with Gasteiger partial charge in [-0.3, -0.25) is 0 Å². The number of carboxylic acids is 1. The van der Waals surface area contributed by atoms with E-state index in [1.807, 2.05) is 0 Å². The van der Waals surface area contributed by atoms with Crippen molar-refractivity contribution in [1.82, 2.24) is 0 Å². The summed E-state index contributed by atoms with van der Waals surface area (Å²) >= 11 is 0. The number of rotatable bonds is 5. The first kappa shape index (κ1) is 9.39. The highest BCUT2D eigenvalue weighted by molar-refractivity contribution is 5.68. The lowest BCUT2D eigenvalue weighted by atomic mass is 10.1. The first-order valence-corrected chi connectivity index (χ1v) is 3.30. The van der Waals surface area contributed by atoms with Gasteiger partial charge in [0, 0.05) is 6.42 Å². The van der Waals surface area contributed by atoms with E-state index < -0.39 is 12.0 Å². The highest BCUT2D eigenvalue weighted by Gasteiger charge is 2.04. The van der Waals surface area contributed by atoms with Crippen molar-refractivity contribution in [3.63, 3.8) is 0 Å². The van der Waals surface area contributed by atoms with Crippen LogP contribution in [0.25, 0.3) is 0 Å². The molecular formula is C6H12NO3-. The Bertz CT molecular complexity index is 105. The first-order chi connectivity index (χ1) is 4.68. The van der Waals surface area contributed by atoms with Crippen molar-refractivity contribution in [3.05, 3.63) is 0 Å². The van der Waals surface area contributed by atoms with Crippen LogP contribution in [0.1, 0.15) is 19.3 Å². The summed E-state index contributed by atoms with van der Waals surface area (Å²) in [7, 11) is 0. The fourth-order valence-electron chi connectivity index (χ4n) is 0.611. The summed E-state index contributed by atoms with van der Waals surface area (Å²) in [5.41, 5.74) is 3.35. The van der Waals surface area contributed by atoms with Crippen LogP contribution in [0.5, 0.6) is 0 Å². The summed E-state index contributed by atoms with van der Waals surface area (Å²) in [5, 5.41) is 19.9. The van der Waals surface area contributed by atoms with Gasteiger partial charge in [-0.15, -0.1) is 6.61 Å². The number of hydrogen-bond acceptors (Lipinski definition) is 3. The van der Waals surface area contributed by atoms with E-state index in [0.29, 0.717) is 19.3 Å². The maximum absolute atomic E-state index is 10.0.